The Morgan fingerprint density at radius 2 is 1.86 bits per heavy atom. The van der Waals surface area contributed by atoms with Gasteiger partial charge >= 0.3 is 12.0 Å². The van der Waals surface area contributed by atoms with Crippen LogP contribution in [-0.2, 0) is 11.2 Å². The Balaban J connectivity index is 2.40. The highest BCUT2D eigenvalue weighted by molar-refractivity contribution is 5.76. The summed E-state index contributed by atoms with van der Waals surface area (Å²) in [6.45, 7) is 5.58. The lowest BCUT2D eigenvalue weighted by Crippen LogP contribution is -2.50. The molecule has 1 aromatic rings. The van der Waals surface area contributed by atoms with Crippen LogP contribution >= 0.6 is 0 Å². The van der Waals surface area contributed by atoms with Crippen molar-refractivity contribution in [2.24, 2.45) is 0 Å². The first-order valence-electron chi connectivity index (χ1n) is 7.13. The average molecular weight is 292 g/mol. The van der Waals surface area contributed by atoms with E-state index in [2.05, 4.69) is 22.8 Å². The Morgan fingerprint density at radius 3 is 2.43 bits per heavy atom. The number of benzene rings is 1. The second-order valence-corrected chi connectivity index (χ2v) is 5.97. The Labute approximate surface area is 125 Å². The van der Waals surface area contributed by atoms with Crippen LogP contribution in [0.4, 0.5) is 4.79 Å². The predicted molar refractivity (Wildman–Crippen MR) is 82.2 cm³/mol. The molecular formula is C16H24N2O3. The fraction of sp³-hybridized carbons (Fsp3) is 0.500. The summed E-state index contributed by atoms with van der Waals surface area (Å²) in [4.78, 5) is 22.4. The lowest BCUT2D eigenvalue weighted by molar-refractivity contribution is -0.137. The fourth-order valence-corrected chi connectivity index (χ4v) is 2.04. The van der Waals surface area contributed by atoms with Crippen molar-refractivity contribution in [3.05, 3.63) is 35.9 Å². The molecule has 1 atom stereocenters. The van der Waals surface area contributed by atoms with Crippen LogP contribution in [0.3, 0.4) is 0 Å². The number of carbonyl (C=O) groups is 2. The van der Waals surface area contributed by atoms with Crippen molar-refractivity contribution in [1.29, 1.82) is 0 Å². The largest absolute Gasteiger partial charge is 0.481 e. The standard InChI is InChI=1S/C16H24N2O3/c1-12(11-14(19)20)17-15(21)18-16(2,3)10-9-13-7-5-4-6-8-13/h4-8,12H,9-11H2,1-3H3,(H,19,20)(H2,17,18,21). The highest BCUT2D eigenvalue weighted by atomic mass is 16.4. The number of aliphatic carboxylic acids is 1. The number of aryl methyl sites for hydroxylation is 1. The van der Waals surface area contributed by atoms with E-state index < -0.39 is 12.0 Å². The summed E-state index contributed by atoms with van der Waals surface area (Å²) < 4.78 is 0. The van der Waals surface area contributed by atoms with Crippen LogP contribution in [0.5, 0.6) is 0 Å². The molecule has 0 aromatic heterocycles. The maximum atomic E-state index is 11.8. The molecule has 2 amide bonds. The molecule has 0 aliphatic carbocycles. The van der Waals surface area contributed by atoms with Crippen LogP contribution in [0.15, 0.2) is 30.3 Å². The zero-order valence-corrected chi connectivity index (χ0v) is 12.8. The zero-order valence-electron chi connectivity index (χ0n) is 12.8. The lowest BCUT2D eigenvalue weighted by atomic mass is 9.95. The molecule has 0 bridgehead atoms. The molecule has 0 fully saturated rings. The smallest absolute Gasteiger partial charge is 0.315 e. The Morgan fingerprint density at radius 1 is 1.24 bits per heavy atom. The molecule has 5 heteroatoms. The summed E-state index contributed by atoms with van der Waals surface area (Å²) in [5.74, 6) is -0.925. The minimum atomic E-state index is -0.925. The third-order valence-corrected chi connectivity index (χ3v) is 3.19. The van der Waals surface area contributed by atoms with E-state index >= 15 is 0 Å². The van der Waals surface area contributed by atoms with Gasteiger partial charge in [0.15, 0.2) is 0 Å². The normalized spacial score (nSPS) is 12.5. The van der Waals surface area contributed by atoms with E-state index in [9.17, 15) is 9.59 Å². The summed E-state index contributed by atoms with van der Waals surface area (Å²) in [7, 11) is 0. The SMILES string of the molecule is CC(CC(=O)O)NC(=O)NC(C)(C)CCc1ccccc1. The van der Waals surface area contributed by atoms with Crippen LogP contribution in [0.2, 0.25) is 0 Å². The van der Waals surface area contributed by atoms with Gasteiger partial charge in [-0.15, -0.1) is 0 Å². The minimum absolute atomic E-state index is 0.0855. The van der Waals surface area contributed by atoms with Gasteiger partial charge in [0.1, 0.15) is 0 Å². The van der Waals surface area contributed by atoms with Crippen molar-refractivity contribution in [3.63, 3.8) is 0 Å². The maximum absolute atomic E-state index is 11.8. The Kier molecular flexibility index (Phi) is 6.21. The summed E-state index contributed by atoms with van der Waals surface area (Å²) >= 11 is 0. The van der Waals surface area contributed by atoms with Gasteiger partial charge in [-0.3, -0.25) is 4.79 Å². The highest BCUT2D eigenvalue weighted by Crippen LogP contribution is 2.13. The van der Waals surface area contributed by atoms with Crippen molar-refractivity contribution in [2.45, 2.75) is 51.6 Å². The van der Waals surface area contributed by atoms with Crippen molar-refractivity contribution < 1.29 is 14.7 Å². The molecule has 3 N–H and O–H groups in total. The van der Waals surface area contributed by atoms with Gasteiger partial charge in [0.05, 0.1) is 6.42 Å². The minimum Gasteiger partial charge on any atom is -0.481 e. The molecule has 0 aliphatic heterocycles. The Bertz CT molecular complexity index is 472. The second-order valence-electron chi connectivity index (χ2n) is 5.97. The second kappa shape index (κ2) is 7.67. The molecule has 116 valence electrons. The van der Waals surface area contributed by atoms with Crippen molar-refractivity contribution >= 4 is 12.0 Å². The number of amides is 2. The quantitative estimate of drug-likeness (QED) is 0.722. The molecule has 1 rings (SSSR count). The van der Waals surface area contributed by atoms with Gasteiger partial charge in [0.2, 0.25) is 0 Å². The van der Waals surface area contributed by atoms with Crippen molar-refractivity contribution in [1.82, 2.24) is 10.6 Å². The van der Waals surface area contributed by atoms with Crippen LogP contribution in [0.25, 0.3) is 0 Å². The Hall–Kier alpha value is -2.04. The molecule has 0 saturated heterocycles. The summed E-state index contributed by atoms with van der Waals surface area (Å²) in [5.41, 5.74) is 0.870. The number of hydrogen-bond acceptors (Lipinski definition) is 2. The first kappa shape index (κ1) is 17.0. The maximum Gasteiger partial charge on any atom is 0.315 e. The van der Waals surface area contributed by atoms with Gasteiger partial charge in [-0.1, -0.05) is 30.3 Å². The van der Waals surface area contributed by atoms with Crippen molar-refractivity contribution in [2.75, 3.05) is 0 Å². The highest BCUT2D eigenvalue weighted by Gasteiger charge is 2.21. The number of carbonyl (C=O) groups excluding carboxylic acids is 1. The van der Waals surface area contributed by atoms with Crippen LogP contribution < -0.4 is 10.6 Å². The molecular weight excluding hydrogens is 268 g/mol. The summed E-state index contributed by atoms with van der Waals surface area (Å²) in [6.07, 6.45) is 1.59. The molecule has 21 heavy (non-hydrogen) atoms. The molecule has 0 spiro atoms. The number of urea groups is 1. The summed E-state index contributed by atoms with van der Waals surface area (Å²) in [6, 6.07) is 9.36. The number of carboxylic acid groups (broad SMARTS) is 1. The van der Waals surface area contributed by atoms with E-state index in [-0.39, 0.29) is 18.0 Å². The van der Waals surface area contributed by atoms with E-state index in [0.29, 0.717) is 0 Å². The van der Waals surface area contributed by atoms with E-state index in [1.165, 1.54) is 5.56 Å². The van der Waals surface area contributed by atoms with Gasteiger partial charge in [0.25, 0.3) is 0 Å². The number of nitrogens with one attached hydrogen (secondary N) is 2. The fourth-order valence-electron chi connectivity index (χ4n) is 2.04. The lowest BCUT2D eigenvalue weighted by Gasteiger charge is -2.27. The third kappa shape index (κ3) is 7.34. The van der Waals surface area contributed by atoms with Crippen LogP contribution in [0, 0.1) is 0 Å². The molecule has 1 unspecified atom stereocenters. The molecule has 0 saturated carbocycles. The first-order valence-corrected chi connectivity index (χ1v) is 7.13. The molecule has 0 radical (unpaired) electrons. The van der Waals surface area contributed by atoms with Crippen LogP contribution in [-0.4, -0.2) is 28.7 Å². The van der Waals surface area contributed by atoms with E-state index in [4.69, 9.17) is 5.11 Å². The van der Waals surface area contributed by atoms with E-state index in [0.717, 1.165) is 12.8 Å². The van der Waals surface area contributed by atoms with E-state index in [1.807, 2.05) is 32.0 Å². The van der Waals surface area contributed by atoms with Gasteiger partial charge < -0.3 is 15.7 Å². The van der Waals surface area contributed by atoms with Crippen LogP contribution in [0.1, 0.15) is 39.2 Å². The molecule has 1 aromatic carbocycles. The number of hydrogen-bond donors (Lipinski definition) is 3. The predicted octanol–water partition coefficient (Wildman–Crippen LogP) is 2.56. The summed E-state index contributed by atoms with van der Waals surface area (Å²) in [5, 5.41) is 14.2. The number of carboxylic acids is 1. The first-order chi connectivity index (χ1) is 9.78. The monoisotopic (exact) mass is 292 g/mol. The third-order valence-electron chi connectivity index (χ3n) is 3.19. The molecule has 5 nitrogen and oxygen atoms in total. The van der Waals surface area contributed by atoms with Gasteiger partial charge in [-0.25, -0.2) is 4.79 Å². The topological polar surface area (TPSA) is 78.4 Å². The van der Waals surface area contributed by atoms with Gasteiger partial charge in [-0.05, 0) is 39.2 Å². The zero-order chi connectivity index (χ0) is 15.9. The molecule has 0 heterocycles. The van der Waals surface area contributed by atoms with Crippen molar-refractivity contribution in [3.8, 4) is 0 Å². The number of rotatable bonds is 7. The van der Waals surface area contributed by atoms with Gasteiger partial charge in [-0.2, -0.15) is 0 Å². The average Bonchev–Trinajstić information content (AvgIpc) is 2.35. The van der Waals surface area contributed by atoms with Gasteiger partial charge in [0, 0.05) is 11.6 Å². The van der Waals surface area contributed by atoms with E-state index in [1.54, 1.807) is 6.92 Å². The molecule has 0 aliphatic rings.